The lowest BCUT2D eigenvalue weighted by molar-refractivity contribution is 0.102. The minimum atomic E-state index is -0.192. The highest BCUT2D eigenvalue weighted by Gasteiger charge is 2.18. The van der Waals surface area contributed by atoms with E-state index in [2.05, 4.69) is 44.1 Å². The molecule has 2 aromatic carbocycles. The molecule has 3 nitrogen and oxygen atoms in total. The molecule has 0 spiro atoms. The molecule has 5 heteroatoms. The number of carbonyl (C=O) groups is 1. The number of hydrogen-bond donors (Lipinski definition) is 1. The first-order valence-electron chi connectivity index (χ1n) is 6.90. The second-order valence-electron chi connectivity index (χ2n) is 4.89. The lowest BCUT2D eigenvalue weighted by atomic mass is 10.1. The van der Waals surface area contributed by atoms with Gasteiger partial charge in [-0.25, -0.2) is 0 Å². The van der Waals surface area contributed by atoms with Crippen molar-refractivity contribution in [3.63, 3.8) is 0 Å². The highest BCUT2D eigenvalue weighted by Crippen LogP contribution is 2.33. The van der Waals surface area contributed by atoms with E-state index in [1.807, 2.05) is 31.2 Å². The molecule has 0 saturated carbocycles. The summed E-state index contributed by atoms with van der Waals surface area (Å²) >= 11 is 6.83. The standard InChI is InChI=1S/C17H17Br2NO2/c1-4-11-7-5-6-10(2)15(11)20-17(21)13-8-12(18)9-14(19)16(13)22-3/h5-9H,4H2,1-3H3,(H,20,21). The van der Waals surface area contributed by atoms with E-state index < -0.39 is 0 Å². The van der Waals surface area contributed by atoms with Crippen molar-refractivity contribution < 1.29 is 9.53 Å². The number of methoxy groups -OCH3 is 1. The Morgan fingerprint density at radius 3 is 2.64 bits per heavy atom. The number of nitrogens with one attached hydrogen (secondary N) is 1. The van der Waals surface area contributed by atoms with Crippen LogP contribution in [0.2, 0.25) is 0 Å². The maximum Gasteiger partial charge on any atom is 0.259 e. The maximum atomic E-state index is 12.7. The summed E-state index contributed by atoms with van der Waals surface area (Å²) < 4.78 is 6.89. The number of rotatable bonds is 4. The topological polar surface area (TPSA) is 38.3 Å². The molecule has 22 heavy (non-hydrogen) atoms. The molecule has 1 N–H and O–H groups in total. The fraction of sp³-hybridized carbons (Fsp3) is 0.235. The summed E-state index contributed by atoms with van der Waals surface area (Å²) in [6, 6.07) is 9.61. The lowest BCUT2D eigenvalue weighted by Gasteiger charge is -2.15. The zero-order chi connectivity index (χ0) is 16.3. The van der Waals surface area contributed by atoms with Gasteiger partial charge in [0.05, 0.1) is 17.1 Å². The average Bonchev–Trinajstić information content (AvgIpc) is 2.48. The van der Waals surface area contributed by atoms with Crippen LogP contribution in [0, 0.1) is 6.92 Å². The monoisotopic (exact) mass is 425 g/mol. The molecular formula is C17H17Br2NO2. The van der Waals surface area contributed by atoms with Gasteiger partial charge in [0.2, 0.25) is 0 Å². The van der Waals surface area contributed by atoms with Gasteiger partial charge in [-0.05, 0) is 52.5 Å². The molecule has 0 saturated heterocycles. The van der Waals surface area contributed by atoms with Gasteiger partial charge in [0.25, 0.3) is 5.91 Å². The summed E-state index contributed by atoms with van der Waals surface area (Å²) in [5.74, 6) is 0.329. The van der Waals surface area contributed by atoms with Crippen molar-refractivity contribution in [2.45, 2.75) is 20.3 Å². The van der Waals surface area contributed by atoms with E-state index >= 15 is 0 Å². The highest BCUT2D eigenvalue weighted by molar-refractivity contribution is 9.11. The molecule has 2 rings (SSSR count). The molecule has 0 radical (unpaired) electrons. The Kier molecular flexibility index (Phi) is 5.64. The van der Waals surface area contributed by atoms with Gasteiger partial charge in [0.1, 0.15) is 5.75 Å². The van der Waals surface area contributed by atoms with E-state index in [1.165, 1.54) is 0 Å². The molecule has 2 aromatic rings. The Hall–Kier alpha value is -1.33. The predicted octanol–water partition coefficient (Wildman–Crippen LogP) is 5.34. The van der Waals surface area contributed by atoms with Crippen molar-refractivity contribution in [3.05, 3.63) is 56.0 Å². The van der Waals surface area contributed by atoms with Gasteiger partial charge in [-0.1, -0.05) is 41.1 Å². The van der Waals surface area contributed by atoms with E-state index in [0.29, 0.717) is 11.3 Å². The van der Waals surface area contributed by atoms with Crippen molar-refractivity contribution >= 4 is 43.5 Å². The van der Waals surface area contributed by atoms with Crippen LogP contribution in [0.25, 0.3) is 0 Å². The van der Waals surface area contributed by atoms with Crippen molar-refractivity contribution in [2.75, 3.05) is 12.4 Å². The maximum absolute atomic E-state index is 12.7. The first-order chi connectivity index (χ1) is 10.5. The zero-order valence-corrected chi connectivity index (χ0v) is 15.8. The smallest absolute Gasteiger partial charge is 0.259 e. The first kappa shape index (κ1) is 17.0. The molecule has 0 aliphatic rings. The number of ether oxygens (including phenoxy) is 1. The molecule has 116 valence electrons. The van der Waals surface area contributed by atoms with Gasteiger partial charge >= 0.3 is 0 Å². The largest absolute Gasteiger partial charge is 0.495 e. The number of halogens is 2. The summed E-state index contributed by atoms with van der Waals surface area (Å²) in [6.45, 7) is 4.06. The molecule has 0 bridgehead atoms. The van der Waals surface area contributed by atoms with E-state index in [-0.39, 0.29) is 5.91 Å². The van der Waals surface area contributed by atoms with Crippen LogP contribution in [0.15, 0.2) is 39.3 Å². The van der Waals surface area contributed by atoms with E-state index in [1.54, 1.807) is 13.2 Å². The number of amides is 1. The number of benzene rings is 2. The minimum Gasteiger partial charge on any atom is -0.495 e. The van der Waals surface area contributed by atoms with Crippen LogP contribution in [0.1, 0.15) is 28.4 Å². The SMILES string of the molecule is CCc1cccc(C)c1NC(=O)c1cc(Br)cc(Br)c1OC. The molecule has 0 aliphatic heterocycles. The Balaban J connectivity index is 2.43. The first-order valence-corrected chi connectivity index (χ1v) is 8.49. The van der Waals surface area contributed by atoms with Crippen molar-refractivity contribution in [2.24, 2.45) is 0 Å². The van der Waals surface area contributed by atoms with Gasteiger partial charge in [-0.15, -0.1) is 0 Å². The van der Waals surface area contributed by atoms with Crippen LogP contribution in [-0.4, -0.2) is 13.0 Å². The third-order valence-corrected chi connectivity index (χ3v) is 4.48. The minimum absolute atomic E-state index is 0.192. The molecule has 0 heterocycles. The van der Waals surface area contributed by atoms with Gasteiger partial charge in [-0.3, -0.25) is 4.79 Å². The van der Waals surface area contributed by atoms with Crippen molar-refractivity contribution in [3.8, 4) is 5.75 Å². The summed E-state index contributed by atoms with van der Waals surface area (Å²) in [7, 11) is 1.55. The molecule has 0 aliphatic carbocycles. The zero-order valence-electron chi connectivity index (χ0n) is 12.7. The van der Waals surface area contributed by atoms with Crippen LogP contribution in [0.4, 0.5) is 5.69 Å². The summed E-state index contributed by atoms with van der Waals surface area (Å²) in [5.41, 5.74) is 3.50. The number of hydrogen-bond acceptors (Lipinski definition) is 2. The number of carbonyl (C=O) groups excluding carboxylic acids is 1. The Labute approximate surface area is 147 Å². The van der Waals surface area contributed by atoms with Crippen LogP contribution >= 0.6 is 31.9 Å². The molecule has 0 unspecified atom stereocenters. The summed E-state index contributed by atoms with van der Waals surface area (Å²) in [5, 5.41) is 3.01. The number of anilines is 1. The third-order valence-electron chi connectivity index (χ3n) is 3.44. The summed E-state index contributed by atoms with van der Waals surface area (Å²) in [6.07, 6.45) is 0.858. The third kappa shape index (κ3) is 3.52. The second-order valence-corrected chi connectivity index (χ2v) is 6.66. The fourth-order valence-electron chi connectivity index (χ4n) is 2.32. The average molecular weight is 427 g/mol. The van der Waals surface area contributed by atoms with Gasteiger partial charge in [-0.2, -0.15) is 0 Å². The van der Waals surface area contributed by atoms with Gasteiger partial charge < -0.3 is 10.1 Å². The van der Waals surface area contributed by atoms with Gasteiger partial charge in [0, 0.05) is 10.2 Å². The molecule has 0 aromatic heterocycles. The number of para-hydroxylation sites is 1. The highest BCUT2D eigenvalue weighted by atomic mass is 79.9. The Morgan fingerprint density at radius 1 is 1.27 bits per heavy atom. The fourth-order valence-corrected chi connectivity index (χ4v) is 3.71. The molecule has 0 fully saturated rings. The Bertz CT molecular complexity index is 714. The van der Waals surface area contributed by atoms with E-state index in [0.717, 1.165) is 32.2 Å². The quantitative estimate of drug-likeness (QED) is 0.716. The normalized spacial score (nSPS) is 10.4. The van der Waals surface area contributed by atoms with Gasteiger partial charge in [0.15, 0.2) is 0 Å². The Morgan fingerprint density at radius 2 is 2.00 bits per heavy atom. The molecule has 0 atom stereocenters. The van der Waals surface area contributed by atoms with Crippen LogP contribution in [0.5, 0.6) is 5.75 Å². The lowest BCUT2D eigenvalue weighted by Crippen LogP contribution is -2.15. The van der Waals surface area contributed by atoms with Crippen LogP contribution < -0.4 is 10.1 Å². The van der Waals surface area contributed by atoms with Crippen LogP contribution in [-0.2, 0) is 6.42 Å². The van der Waals surface area contributed by atoms with Crippen molar-refractivity contribution in [1.29, 1.82) is 0 Å². The summed E-state index contributed by atoms with van der Waals surface area (Å²) in [4.78, 5) is 12.7. The second kappa shape index (κ2) is 7.29. The number of aryl methyl sites for hydroxylation is 2. The van der Waals surface area contributed by atoms with Crippen molar-refractivity contribution in [1.82, 2.24) is 0 Å². The van der Waals surface area contributed by atoms with E-state index in [4.69, 9.17) is 4.74 Å². The van der Waals surface area contributed by atoms with Crippen LogP contribution in [0.3, 0.4) is 0 Å². The molecule has 1 amide bonds. The predicted molar refractivity (Wildman–Crippen MR) is 96.9 cm³/mol. The van der Waals surface area contributed by atoms with E-state index in [9.17, 15) is 4.79 Å². The molecular weight excluding hydrogens is 410 g/mol.